The highest BCUT2D eigenvalue weighted by molar-refractivity contribution is 5.68. The minimum absolute atomic E-state index is 0.0975. The molecule has 0 aliphatic rings. The molecule has 0 aliphatic carbocycles. The van der Waals surface area contributed by atoms with Crippen LogP contribution in [0.3, 0.4) is 0 Å². The highest BCUT2D eigenvalue weighted by atomic mass is 16.8. The quantitative estimate of drug-likeness (QED) is 0.272. The summed E-state index contributed by atoms with van der Waals surface area (Å²) in [5, 5.41) is 0.754. The highest BCUT2D eigenvalue weighted by Gasteiger charge is 2.11. The van der Waals surface area contributed by atoms with E-state index in [-0.39, 0.29) is 24.6 Å². The molecule has 0 aliphatic heterocycles. The van der Waals surface area contributed by atoms with Gasteiger partial charge in [0, 0.05) is 6.61 Å². The van der Waals surface area contributed by atoms with Crippen LogP contribution < -0.4 is 16.5 Å². The monoisotopic (exact) mass is 228 g/mol. The molecule has 0 aromatic carbocycles. The van der Waals surface area contributed by atoms with Crippen molar-refractivity contribution in [2.24, 2.45) is 0 Å². The van der Waals surface area contributed by atoms with Gasteiger partial charge in [0.1, 0.15) is 0 Å². The van der Waals surface area contributed by atoms with Crippen LogP contribution in [0.1, 0.15) is 6.92 Å². The van der Waals surface area contributed by atoms with Crippen molar-refractivity contribution in [2.75, 3.05) is 29.9 Å². The summed E-state index contributed by atoms with van der Waals surface area (Å²) in [5.41, 5.74) is 10.7. The van der Waals surface area contributed by atoms with Crippen LogP contribution in [0.4, 0.5) is 17.8 Å². The minimum Gasteiger partial charge on any atom is -0.368 e. The molecule has 0 saturated heterocycles. The van der Waals surface area contributed by atoms with E-state index in [1.165, 1.54) is 0 Å². The Morgan fingerprint density at radius 3 is 2.44 bits per heavy atom. The SMILES string of the molecule is CCOCON(C=O)c1nc(N)nc(N)n1. The minimum atomic E-state index is -0.110. The maximum absolute atomic E-state index is 10.7. The van der Waals surface area contributed by atoms with Crippen molar-refractivity contribution in [1.82, 2.24) is 15.0 Å². The number of anilines is 3. The molecule has 0 radical (unpaired) electrons. The van der Waals surface area contributed by atoms with Gasteiger partial charge in [-0.25, -0.2) is 4.84 Å². The van der Waals surface area contributed by atoms with Gasteiger partial charge in [0.05, 0.1) is 0 Å². The van der Waals surface area contributed by atoms with Gasteiger partial charge < -0.3 is 16.2 Å². The first-order valence-corrected chi connectivity index (χ1v) is 4.39. The van der Waals surface area contributed by atoms with Crippen LogP contribution in [0.25, 0.3) is 0 Å². The first-order chi connectivity index (χ1) is 7.67. The van der Waals surface area contributed by atoms with E-state index in [9.17, 15) is 4.79 Å². The summed E-state index contributed by atoms with van der Waals surface area (Å²) in [5.74, 6) is -0.302. The molecule has 1 heterocycles. The lowest BCUT2D eigenvalue weighted by atomic mass is 10.8. The fraction of sp³-hybridized carbons (Fsp3) is 0.429. The molecule has 0 atom stereocenters. The van der Waals surface area contributed by atoms with Gasteiger partial charge in [-0.05, 0) is 6.92 Å². The molecule has 0 bridgehead atoms. The van der Waals surface area contributed by atoms with Crippen molar-refractivity contribution in [3.63, 3.8) is 0 Å². The zero-order valence-electron chi connectivity index (χ0n) is 8.66. The Bertz CT molecular complexity index is 340. The number of carbonyl (C=O) groups excluding carboxylic acids is 1. The molecule has 0 unspecified atom stereocenters. The van der Waals surface area contributed by atoms with Crippen LogP contribution in [0.15, 0.2) is 0 Å². The first kappa shape index (κ1) is 12.1. The molecule has 88 valence electrons. The summed E-state index contributed by atoms with van der Waals surface area (Å²) < 4.78 is 4.89. The predicted octanol–water partition coefficient (Wildman–Crippen LogP) is -1.08. The Labute approximate surface area is 91.3 Å². The second-order valence-corrected chi connectivity index (χ2v) is 2.52. The summed E-state index contributed by atoms with van der Waals surface area (Å²) in [6, 6.07) is 0. The fourth-order valence-corrected chi connectivity index (χ4v) is 0.809. The van der Waals surface area contributed by atoms with Gasteiger partial charge in [0.2, 0.25) is 18.3 Å². The van der Waals surface area contributed by atoms with Crippen LogP contribution >= 0.6 is 0 Å². The molecule has 0 fully saturated rings. The lowest BCUT2D eigenvalue weighted by Gasteiger charge is -2.14. The van der Waals surface area contributed by atoms with E-state index in [0.29, 0.717) is 13.0 Å². The Balaban J connectivity index is 2.74. The lowest BCUT2D eigenvalue weighted by molar-refractivity contribution is -0.122. The van der Waals surface area contributed by atoms with E-state index in [2.05, 4.69) is 15.0 Å². The van der Waals surface area contributed by atoms with Crippen molar-refractivity contribution in [3.05, 3.63) is 0 Å². The normalized spacial score (nSPS) is 10.1. The third-order valence-corrected chi connectivity index (χ3v) is 1.43. The van der Waals surface area contributed by atoms with E-state index in [4.69, 9.17) is 21.0 Å². The fourth-order valence-electron chi connectivity index (χ4n) is 0.809. The number of aromatic nitrogens is 3. The Kier molecular flexibility index (Phi) is 4.36. The average molecular weight is 228 g/mol. The molecule has 9 heteroatoms. The first-order valence-electron chi connectivity index (χ1n) is 4.39. The lowest BCUT2D eigenvalue weighted by Crippen LogP contribution is -2.26. The number of carbonyl (C=O) groups is 1. The highest BCUT2D eigenvalue weighted by Crippen LogP contribution is 2.08. The smallest absolute Gasteiger partial charge is 0.263 e. The van der Waals surface area contributed by atoms with Crippen LogP contribution in [0.5, 0.6) is 0 Å². The Morgan fingerprint density at radius 2 is 1.94 bits per heavy atom. The topological polar surface area (TPSA) is 129 Å². The molecule has 1 aromatic rings. The summed E-state index contributed by atoms with van der Waals surface area (Å²) in [7, 11) is 0. The van der Waals surface area contributed by atoms with Crippen molar-refractivity contribution < 1.29 is 14.4 Å². The molecule has 9 nitrogen and oxygen atoms in total. The summed E-state index contributed by atoms with van der Waals surface area (Å²) in [6.07, 6.45) is 0.368. The number of hydroxylamine groups is 1. The average Bonchev–Trinajstić information content (AvgIpc) is 2.23. The third-order valence-electron chi connectivity index (χ3n) is 1.43. The predicted molar refractivity (Wildman–Crippen MR) is 54.8 cm³/mol. The van der Waals surface area contributed by atoms with Crippen LogP contribution in [-0.4, -0.2) is 34.8 Å². The van der Waals surface area contributed by atoms with Crippen LogP contribution in [0.2, 0.25) is 0 Å². The van der Waals surface area contributed by atoms with E-state index in [0.717, 1.165) is 5.06 Å². The van der Waals surface area contributed by atoms with Crippen LogP contribution in [-0.2, 0) is 14.4 Å². The van der Waals surface area contributed by atoms with Crippen molar-refractivity contribution in [1.29, 1.82) is 0 Å². The molecule has 0 saturated carbocycles. The third kappa shape index (κ3) is 3.29. The van der Waals surface area contributed by atoms with Gasteiger partial charge in [-0.15, -0.1) is 0 Å². The summed E-state index contributed by atoms with van der Waals surface area (Å²) in [4.78, 5) is 26.5. The number of nitrogens with zero attached hydrogens (tertiary/aromatic N) is 4. The number of nitrogens with two attached hydrogens (primary N) is 2. The van der Waals surface area contributed by atoms with Gasteiger partial charge in [-0.2, -0.15) is 20.0 Å². The molecule has 0 spiro atoms. The van der Waals surface area contributed by atoms with Gasteiger partial charge in [-0.1, -0.05) is 0 Å². The number of ether oxygens (including phenoxy) is 1. The Hall–Kier alpha value is -2.00. The second-order valence-electron chi connectivity index (χ2n) is 2.52. The zero-order chi connectivity index (χ0) is 12.0. The van der Waals surface area contributed by atoms with E-state index in [1.807, 2.05) is 0 Å². The van der Waals surface area contributed by atoms with Gasteiger partial charge in [-0.3, -0.25) is 4.79 Å². The largest absolute Gasteiger partial charge is 0.368 e. The summed E-state index contributed by atoms with van der Waals surface area (Å²) >= 11 is 0. The maximum Gasteiger partial charge on any atom is 0.263 e. The van der Waals surface area contributed by atoms with Crippen molar-refractivity contribution in [3.8, 4) is 0 Å². The second kappa shape index (κ2) is 5.78. The molecular formula is C7H12N6O3. The molecule has 16 heavy (non-hydrogen) atoms. The maximum atomic E-state index is 10.7. The number of rotatable bonds is 6. The number of hydrogen-bond acceptors (Lipinski definition) is 8. The molecule has 1 aromatic heterocycles. The molecular weight excluding hydrogens is 216 g/mol. The van der Waals surface area contributed by atoms with Crippen molar-refractivity contribution >= 4 is 24.3 Å². The van der Waals surface area contributed by atoms with E-state index >= 15 is 0 Å². The Morgan fingerprint density at radius 1 is 1.31 bits per heavy atom. The standard InChI is InChI=1S/C7H12N6O3/c1-2-15-4-16-13(3-14)7-11-5(8)10-6(9)12-7/h3H,2,4H2,1H3,(H4,8,9,10,11,12). The number of hydrogen-bond donors (Lipinski definition) is 2. The summed E-state index contributed by atoms with van der Waals surface area (Å²) in [6.45, 7) is 2.13. The number of amides is 1. The van der Waals surface area contributed by atoms with Crippen molar-refractivity contribution in [2.45, 2.75) is 6.92 Å². The molecule has 1 rings (SSSR count). The number of nitrogen functional groups attached to an aromatic ring is 2. The van der Waals surface area contributed by atoms with Gasteiger partial charge in [0.25, 0.3) is 5.95 Å². The van der Waals surface area contributed by atoms with Crippen LogP contribution in [0, 0.1) is 0 Å². The molecule has 1 amide bonds. The zero-order valence-corrected chi connectivity index (χ0v) is 8.66. The van der Waals surface area contributed by atoms with Gasteiger partial charge >= 0.3 is 0 Å². The van der Waals surface area contributed by atoms with E-state index < -0.39 is 0 Å². The van der Waals surface area contributed by atoms with Gasteiger partial charge in [0.15, 0.2) is 6.79 Å². The molecule has 4 N–H and O–H groups in total. The van der Waals surface area contributed by atoms with E-state index in [1.54, 1.807) is 6.92 Å².